The molecule has 2 fully saturated rings. The fourth-order valence-corrected chi connectivity index (χ4v) is 9.49. The molecule has 7 atom stereocenters. The number of nitrogens with one attached hydrogen (secondary N) is 4. The first-order chi connectivity index (χ1) is 32.3. The predicted molar refractivity (Wildman–Crippen MR) is 233 cm³/mol. The van der Waals surface area contributed by atoms with Gasteiger partial charge < -0.3 is 80.6 Å². The number of benzene rings is 1. The third kappa shape index (κ3) is 17.4. The highest BCUT2D eigenvalue weighted by molar-refractivity contribution is 7.66. The van der Waals surface area contributed by atoms with Gasteiger partial charge in [-0.2, -0.15) is 8.62 Å². The summed E-state index contributed by atoms with van der Waals surface area (Å²) in [5.41, 5.74) is 31.0. The number of amides is 2. The standard InChI is InChI=1S/C34H49N14O17P3/c35-31-30-22(16-48(32(30)44-34(36)43-31)29-15-25(61-20-42-46-37)26(63-29)17-62-67(54,55)65-68(56,57)64-66(51,52)53)5-3-9-40-27(49)18-58-12-13-59-28(45-47-38)19-60-24-8-1-4-21(14-24)33(50)41-11-10-39-23-6-2-7-23/h1,4,8,14,16,23,25-26,28-29,31,39H,2,6-7,9-13,15,17-20,35H2,(H,40,49)(H,41,50)(H,54,55)(H,56,57)(H3,36,43,44)(H2,51,52,53)/t25-,26-,28?,29-,31?/m1/s1. The first-order valence-corrected chi connectivity index (χ1v) is 24.8. The van der Waals surface area contributed by atoms with Crippen LogP contribution in [0, 0.1) is 11.8 Å². The second kappa shape index (κ2) is 25.5. The Balaban J connectivity index is 1.09. The third-order valence-corrected chi connectivity index (χ3v) is 13.4. The Kier molecular flexibility index (Phi) is 20.1. The number of aliphatic imine (C=N–C) groups is 1. The fourth-order valence-electron chi connectivity index (χ4n) is 6.46. The lowest BCUT2D eigenvalue weighted by atomic mass is 9.93. The number of carbonyl (C=O) groups is 2. The average molecular weight is 1020 g/mol. The smallest absolute Gasteiger partial charge is 0.490 e. The van der Waals surface area contributed by atoms with Crippen LogP contribution in [0.5, 0.6) is 5.75 Å². The van der Waals surface area contributed by atoms with Crippen LogP contribution in [0.2, 0.25) is 0 Å². The number of azide groups is 2. The zero-order chi connectivity index (χ0) is 49.3. The molecular formula is C34H49N14O17P3. The van der Waals surface area contributed by atoms with Crippen molar-refractivity contribution in [3.63, 3.8) is 0 Å². The van der Waals surface area contributed by atoms with Crippen LogP contribution in [0.3, 0.4) is 0 Å². The summed E-state index contributed by atoms with van der Waals surface area (Å²) in [6, 6.07) is 7.02. The van der Waals surface area contributed by atoms with E-state index in [1.807, 2.05) is 0 Å². The first kappa shape index (κ1) is 53.8. The molecule has 5 rings (SSSR count). The van der Waals surface area contributed by atoms with Crippen LogP contribution in [0.1, 0.15) is 59.6 Å². The van der Waals surface area contributed by atoms with Gasteiger partial charge in [-0.1, -0.05) is 34.6 Å². The largest absolute Gasteiger partial charge is 0.491 e. The molecule has 1 saturated heterocycles. The summed E-state index contributed by atoms with van der Waals surface area (Å²) in [7, 11) is -17.0. The van der Waals surface area contributed by atoms with Gasteiger partial charge in [-0.15, -0.1) is 0 Å². The van der Waals surface area contributed by atoms with E-state index < -0.39 is 73.5 Å². The Morgan fingerprint density at radius 3 is 2.60 bits per heavy atom. The van der Waals surface area contributed by atoms with E-state index in [4.69, 9.17) is 60.5 Å². The van der Waals surface area contributed by atoms with Crippen LogP contribution in [-0.2, 0) is 50.6 Å². The number of rotatable bonds is 27. The predicted octanol–water partition coefficient (Wildman–Crippen LogP) is 1.56. The van der Waals surface area contributed by atoms with E-state index in [1.165, 1.54) is 17.2 Å². The van der Waals surface area contributed by atoms with Gasteiger partial charge in [-0.25, -0.2) is 18.7 Å². The topological polar surface area (TPSA) is 455 Å². The van der Waals surface area contributed by atoms with Crippen LogP contribution in [-0.4, -0.2) is 126 Å². The average Bonchev–Trinajstić information content (AvgIpc) is 3.82. The molecule has 0 radical (unpaired) electrons. The lowest BCUT2D eigenvalue weighted by Crippen LogP contribution is -2.40. The quantitative estimate of drug-likeness (QED) is 0.0152. The maximum Gasteiger partial charge on any atom is 0.490 e. The maximum absolute atomic E-state index is 12.6. The number of nitrogens with zero attached hydrogens (tertiary/aromatic N) is 8. The van der Waals surface area contributed by atoms with Crippen molar-refractivity contribution >= 4 is 47.1 Å². The van der Waals surface area contributed by atoms with Gasteiger partial charge in [-0.05, 0) is 42.1 Å². The SMILES string of the molecule is [N-]=[N+]=NCO[C@@H]1C[C@H](n2cc(C#CCNC(=O)COCCOC(COc3cccc(C(=O)NCCNC4CCC4)c3)N=[N+]=[N-])c3c2NC(N)=NC3N)O[C@@H]1COP(=O)(O)OP(=O)(O)OP(=O)(O)O. The number of fused-ring (bicyclic) bond motifs is 1. The van der Waals surface area contributed by atoms with Crippen LogP contribution in [0.15, 0.2) is 45.7 Å². The van der Waals surface area contributed by atoms with E-state index in [2.05, 4.69) is 66.8 Å². The maximum atomic E-state index is 12.6. The molecule has 2 aliphatic heterocycles. The van der Waals surface area contributed by atoms with E-state index >= 15 is 0 Å². The van der Waals surface area contributed by atoms with Crippen molar-refractivity contribution in [2.75, 3.05) is 64.7 Å². The fraction of sp³-hybridized carbons (Fsp3) is 0.559. The molecule has 2 amide bonds. The highest BCUT2D eigenvalue weighted by Gasteiger charge is 2.44. The number of carbonyl (C=O) groups excluding carboxylic acids is 2. The van der Waals surface area contributed by atoms with Gasteiger partial charge in [0.15, 0.2) is 12.2 Å². The molecule has 34 heteroatoms. The number of nitrogens with two attached hydrogens (primary N) is 2. The van der Waals surface area contributed by atoms with Crippen LogP contribution < -0.4 is 37.5 Å². The molecular weight excluding hydrogens is 969 g/mol. The van der Waals surface area contributed by atoms with Crippen molar-refractivity contribution in [1.29, 1.82) is 0 Å². The van der Waals surface area contributed by atoms with Gasteiger partial charge in [-0.3, -0.25) is 14.1 Å². The minimum absolute atomic E-state index is 0.0527. The van der Waals surface area contributed by atoms with Crippen LogP contribution in [0.25, 0.3) is 20.9 Å². The van der Waals surface area contributed by atoms with Crippen LogP contribution in [0.4, 0.5) is 5.82 Å². The summed E-state index contributed by atoms with van der Waals surface area (Å²) >= 11 is 0. The molecule has 372 valence electrons. The molecule has 31 nitrogen and oxygen atoms in total. The summed E-state index contributed by atoms with van der Waals surface area (Å²) in [4.78, 5) is 71.6. The minimum atomic E-state index is -5.81. The van der Waals surface area contributed by atoms with Crippen molar-refractivity contribution in [3.8, 4) is 17.6 Å². The number of anilines is 1. The van der Waals surface area contributed by atoms with Gasteiger partial charge in [0.2, 0.25) is 5.91 Å². The number of hydrogen-bond acceptors (Lipinski definition) is 20. The van der Waals surface area contributed by atoms with Crippen LogP contribution >= 0.6 is 23.5 Å². The third-order valence-electron chi connectivity index (χ3n) is 9.60. The zero-order valence-electron chi connectivity index (χ0n) is 35.7. The molecule has 3 aliphatic rings. The highest BCUT2D eigenvalue weighted by atomic mass is 31.3. The summed E-state index contributed by atoms with van der Waals surface area (Å²) in [5, 5.41) is 18.5. The molecule has 1 aromatic carbocycles. The number of guanidine groups is 1. The second-order valence-electron chi connectivity index (χ2n) is 14.5. The van der Waals surface area contributed by atoms with E-state index in [0.717, 1.165) is 12.8 Å². The number of phosphoric ester groups is 1. The monoisotopic (exact) mass is 1020 g/mol. The lowest BCUT2D eigenvalue weighted by Gasteiger charge is -2.26. The van der Waals surface area contributed by atoms with Crippen molar-refractivity contribution in [3.05, 3.63) is 68.0 Å². The zero-order valence-corrected chi connectivity index (χ0v) is 38.4. The van der Waals surface area contributed by atoms with Gasteiger partial charge in [0.25, 0.3) is 5.91 Å². The van der Waals surface area contributed by atoms with E-state index in [-0.39, 0.29) is 57.1 Å². The minimum Gasteiger partial charge on any atom is -0.491 e. The van der Waals surface area contributed by atoms with E-state index in [0.29, 0.717) is 41.6 Å². The van der Waals surface area contributed by atoms with Gasteiger partial charge in [0.1, 0.15) is 50.0 Å². The summed E-state index contributed by atoms with van der Waals surface area (Å²) < 4.78 is 77.1. The number of hydrogen-bond donors (Lipinski definition) is 10. The number of phosphoric acid groups is 3. The van der Waals surface area contributed by atoms with Gasteiger partial charge >= 0.3 is 23.5 Å². The van der Waals surface area contributed by atoms with E-state index in [9.17, 15) is 33.1 Å². The Hall–Kier alpha value is -5.14. The molecule has 1 saturated carbocycles. The normalized spacial score (nSPS) is 21.0. The van der Waals surface area contributed by atoms with Gasteiger partial charge in [0.05, 0.1) is 38.0 Å². The Labute approximate surface area is 386 Å². The molecule has 4 unspecified atom stereocenters. The Bertz CT molecular complexity index is 2430. The first-order valence-electron chi connectivity index (χ1n) is 20.3. The number of aromatic nitrogens is 1. The van der Waals surface area contributed by atoms with Gasteiger partial charge in [0, 0.05) is 52.7 Å². The van der Waals surface area contributed by atoms with Crippen molar-refractivity contribution < 1.29 is 79.7 Å². The van der Waals surface area contributed by atoms with Crippen molar-refractivity contribution in [2.24, 2.45) is 26.7 Å². The molecule has 68 heavy (non-hydrogen) atoms. The van der Waals surface area contributed by atoms with Crippen molar-refractivity contribution in [2.45, 2.75) is 62.6 Å². The van der Waals surface area contributed by atoms with E-state index in [1.54, 1.807) is 24.3 Å². The molecule has 2 aromatic rings. The Morgan fingerprint density at radius 2 is 1.88 bits per heavy atom. The summed E-state index contributed by atoms with van der Waals surface area (Å²) in [6.45, 7) is -1.09. The second-order valence-corrected chi connectivity index (χ2v) is 18.9. The molecule has 12 N–H and O–H groups in total. The van der Waals surface area contributed by atoms with Crippen molar-refractivity contribution in [1.82, 2.24) is 20.5 Å². The number of ether oxygens (including phenoxy) is 5. The highest BCUT2D eigenvalue weighted by Crippen LogP contribution is 2.66. The molecule has 1 aliphatic carbocycles. The molecule has 0 spiro atoms. The molecule has 1 aromatic heterocycles. The molecule has 3 heterocycles. The Morgan fingerprint density at radius 1 is 1.09 bits per heavy atom. The summed E-state index contributed by atoms with van der Waals surface area (Å²) in [6.07, 6.45) is -0.423. The lowest BCUT2D eigenvalue weighted by molar-refractivity contribution is -0.126. The molecule has 0 bridgehead atoms. The summed E-state index contributed by atoms with van der Waals surface area (Å²) in [5.74, 6) is 5.45.